The van der Waals surface area contributed by atoms with E-state index in [1.54, 1.807) is 36.4 Å². The monoisotopic (exact) mass is 371 g/mol. The molecule has 8 heteroatoms. The maximum absolute atomic E-state index is 13.1. The number of aliphatic carboxylic acids is 1. The Morgan fingerprint density at radius 3 is 2.42 bits per heavy atom. The summed E-state index contributed by atoms with van der Waals surface area (Å²) in [6.45, 7) is 0. The Hall–Kier alpha value is -3.00. The van der Waals surface area contributed by atoms with Crippen LogP contribution >= 0.6 is 11.8 Å². The van der Waals surface area contributed by atoms with E-state index in [4.69, 9.17) is 9.47 Å². The Labute approximate surface area is 153 Å². The van der Waals surface area contributed by atoms with Gasteiger partial charge in [-0.05, 0) is 18.2 Å². The van der Waals surface area contributed by atoms with Gasteiger partial charge in [0.25, 0.3) is 5.56 Å². The first-order valence-electron chi connectivity index (χ1n) is 7.62. The Balaban J connectivity index is 2.31. The molecule has 1 aromatic heterocycles. The fourth-order valence-electron chi connectivity index (χ4n) is 2.52. The number of hydrogen-bond donors (Lipinski definition) is 0. The molecule has 0 atom stereocenters. The van der Waals surface area contributed by atoms with E-state index >= 15 is 0 Å². The van der Waals surface area contributed by atoms with Gasteiger partial charge in [-0.2, -0.15) is 0 Å². The molecule has 0 unspecified atom stereocenters. The minimum absolute atomic E-state index is 0.255. The van der Waals surface area contributed by atoms with Crippen molar-refractivity contribution >= 4 is 28.6 Å². The maximum Gasteiger partial charge on any atom is 0.266 e. The van der Waals surface area contributed by atoms with E-state index in [1.165, 1.54) is 18.8 Å². The van der Waals surface area contributed by atoms with Gasteiger partial charge < -0.3 is 19.4 Å². The van der Waals surface area contributed by atoms with Crippen LogP contribution in [-0.4, -0.2) is 35.5 Å². The molecule has 0 spiro atoms. The van der Waals surface area contributed by atoms with Gasteiger partial charge in [-0.15, -0.1) is 0 Å². The predicted molar refractivity (Wildman–Crippen MR) is 96.2 cm³/mol. The summed E-state index contributed by atoms with van der Waals surface area (Å²) in [5.41, 5.74) is 0.645. The molecule has 0 N–H and O–H groups in total. The second-order valence-electron chi connectivity index (χ2n) is 5.26. The van der Waals surface area contributed by atoms with Crippen LogP contribution in [0.1, 0.15) is 0 Å². The van der Waals surface area contributed by atoms with Crippen molar-refractivity contribution < 1.29 is 19.4 Å². The first-order valence-corrected chi connectivity index (χ1v) is 8.60. The minimum atomic E-state index is -1.24. The van der Waals surface area contributed by atoms with Crippen molar-refractivity contribution in [3.63, 3.8) is 0 Å². The Bertz CT molecular complexity index is 1020. The average molecular weight is 371 g/mol. The zero-order valence-electron chi connectivity index (χ0n) is 14.1. The molecule has 2 aromatic carbocycles. The summed E-state index contributed by atoms with van der Waals surface area (Å²) in [5, 5.41) is 11.5. The number of methoxy groups -OCH3 is 2. The highest BCUT2D eigenvalue weighted by atomic mass is 32.2. The van der Waals surface area contributed by atoms with Crippen molar-refractivity contribution in [2.24, 2.45) is 0 Å². The number of rotatable bonds is 6. The summed E-state index contributed by atoms with van der Waals surface area (Å²) in [4.78, 5) is 28.4. The molecule has 0 saturated carbocycles. The van der Waals surface area contributed by atoms with Gasteiger partial charge in [0.15, 0.2) is 16.7 Å². The quantitative estimate of drug-likeness (QED) is 0.475. The van der Waals surface area contributed by atoms with Gasteiger partial charge in [0.1, 0.15) is 0 Å². The van der Waals surface area contributed by atoms with E-state index in [1.807, 2.05) is 6.07 Å². The number of carbonyl (C=O) groups excluding carboxylic acids is 1. The van der Waals surface area contributed by atoms with Crippen molar-refractivity contribution in [1.29, 1.82) is 0 Å². The fraction of sp³-hybridized carbons (Fsp3) is 0.167. The third-order valence-electron chi connectivity index (χ3n) is 3.68. The van der Waals surface area contributed by atoms with Crippen LogP contribution in [0.3, 0.4) is 0 Å². The lowest BCUT2D eigenvalue weighted by Crippen LogP contribution is -2.26. The van der Waals surface area contributed by atoms with Crippen molar-refractivity contribution in [3.8, 4) is 17.2 Å². The van der Waals surface area contributed by atoms with Crippen molar-refractivity contribution in [2.75, 3.05) is 20.0 Å². The maximum atomic E-state index is 13.1. The molecule has 0 bridgehead atoms. The van der Waals surface area contributed by atoms with Gasteiger partial charge in [-0.3, -0.25) is 9.36 Å². The first kappa shape index (κ1) is 17.8. The van der Waals surface area contributed by atoms with Gasteiger partial charge in [-0.25, -0.2) is 4.98 Å². The van der Waals surface area contributed by atoms with Crippen LogP contribution in [0.2, 0.25) is 0 Å². The lowest BCUT2D eigenvalue weighted by molar-refractivity contribution is -0.301. The SMILES string of the molecule is COc1cc2nc(SCC(=O)[O-])n(-c3ccccc3)c(=O)c2cc1OC. The molecule has 0 radical (unpaired) electrons. The van der Waals surface area contributed by atoms with Gasteiger partial charge in [0, 0.05) is 11.8 Å². The highest BCUT2D eigenvalue weighted by Gasteiger charge is 2.16. The number of aromatic nitrogens is 2. The first-order chi connectivity index (χ1) is 12.5. The number of carbonyl (C=O) groups is 1. The zero-order valence-corrected chi connectivity index (χ0v) is 14.9. The van der Waals surface area contributed by atoms with Crippen LogP contribution in [0.25, 0.3) is 16.6 Å². The molecular weight excluding hydrogens is 356 g/mol. The molecule has 0 aliphatic carbocycles. The van der Waals surface area contributed by atoms with E-state index in [2.05, 4.69) is 4.98 Å². The highest BCUT2D eigenvalue weighted by Crippen LogP contribution is 2.31. The third kappa shape index (κ3) is 3.36. The minimum Gasteiger partial charge on any atom is -0.549 e. The normalized spacial score (nSPS) is 10.7. The van der Waals surface area contributed by atoms with E-state index in [0.717, 1.165) is 11.8 Å². The summed E-state index contributed by atoms with van der Waals surface area (Å²) in [7, 11) is 2.97. The number of nitrogens with zero attached hydrogens (tertiary/aromatic N) is 2. The number of carboxylic acids is 1. The molecule has 7 nitrogen and oxygen atoms in total. The molecule has 134 valence electrons. The molecule has 26 heavy (non-hydrogen) atoms. The molecule has 0 aliphatic rings. The van der Waals surface area contributed by atoms with Gasteiger partial charge in [0.05, 0.1) is 36.8 Å². The number of benzene rings is 2. The Kier molecular flexibility index (Phi) is 5.13. The molecule has 0 saturated heterocycles. The van der Waals surface area contributed by atoms with Crippen LogP contribution in [0.5, 0.6) is 11.5 Å². The largest absolute Gasteiger partial charge is 0.549 e. The highest BCUT2D eigenvalue weighted by molar-refractivity contribution is 7.99. The topological polar surface area (TPSA) is 93.5 Å². The number of para-hydroxylation sites is 1. The molecule has 0 fully saturated rings. The summed E-state index contributed by atoms with van der Waals surface area (Å²) in [6.07, 6.45) is 0. The Morgan fingerprint density at radius 2 is 1.81 bits per heavy atom. The van der Waals surface area contributed by atoms with Crippen LogP contribution in [0.15, 0.2) is 52.4 Å². The summed E-state index contributed by atoms with van der Waals surface area (Å²) < 4.78 is 11.9. The average Bonchev–Trinajstić information content (AvgIpc) is 2.66. The number of ether oxygens (including phenoxy) is 2. The van der Waals surface area contributed by atoms with Crippen LogP contribution in [-0.2, 0) is 4.79 Å². The zero-order chi connectivity index (χ0) is 18.7. The van der Waals surface area contributed by atoms with Crippen molar-refractivity contribution in [1.82, 2.24) is 9.55 Å². The molecule has 1 heterocycles. The summed E-state index contributed by atoms with van der Waals surface area (Å²) in [6, 6.07) is 12.0. The third-order valence-corrected chi connectivity index (χ3v) is 4.59. The lowest BCUT2D eigenvalue weighted by Gasteiger charge is -2.15. The number of fused-ring (bicyclic) bond motifs is 1. The van der Waals surface area contributed by atoms with E-state index in [9.17, 15) is 14.7 Å². The van der Waals surface area contributed by atoms with Gasteiger partial charge >= 0.3 is 0 Å². The van der Waals surface area contributed by atoms with Gasteiger partial charge in [-0.1, -0.05) is 30.0 Å². The molecule has 3 rings (SSSR count). The molecule has 0 aliphatic heterocycles. The Morgan fingerprint density at radius 1 is 1.15 bits per heavy atom. The standard InChI is InChI=1S/C18H16N2O5S/c1-24-14-8-12-13(9-15(14)25-2)19-18(26-10-16(21)22)20(17(12)23)11-6-4-3-5-7-11/h3-9H,10H2,1-2H3,(H,21,22)/p-1. The van der Waals surface area contributed by atoms with Gasteiger partial charge in [0.2, 0.25) is 0 Å². The van der Waals surface area contributed by atoms with Crippen molar-refractivity contribution in [2.45, 2.75) is 5.16 Å². The number of carboxylic acid groups (broad SMARTS) is 1. The van der Waals surface area contributed by atoms with Crippen LogP contribution < -0.4 is 20.1 Å². The fourth-order valence-corrected chi connectivity index (χ4v) is 3.24. The van der Waals surface area contributed by atoms with Crippen LogP contribution in [0.4, 0.5) is 0 Å². The lowest BCUT2D eigenvalue weighted by atomic mass is 10.2. The second-order valence-corrected chi connectivity index (χ2v) is 6.20. The molecular formula is C18H15N2O5S-. The smallest absolute Gasteiger partial charge is 0.266 e. The van der Waals surface area contributed by atoms with E-state index in [-0.39, 0.29) is 16.5 Å². The predicted octanol–water partition coefficient (Wildman–Crippen LogP) is 1.24. The van der Waals surface area contributed by atoms with Crippen molar-refractivity contribution in [3.05, 3.63) is 52.8 Å². The van der Waals surface area contributed by atoms with Crippen LogP contribution in [0, 0.1) is 0 Å². The van der Waals surface area contributed by atoms with E-state index < -0.39 is 5.97 Å². The second kappa shape index (κ2) is 7.49. The number of hydrogen-bond acceptors (Lipinski definition) is 7. The van der Waals surface area contributed by atoms with E-state index in [0.29, 0.717) is 28.1 Å². The summed E-state index contributed by atoms with van der Waals surface area (Å²) in [5.74, 6) is -0.719. The number of thioether (sulfide) groups is 1. The molecule has 3 aromatic rings. The summed E-state index contributed by atoms with van der Waals surface area (Å²) >= 11 is 0.920. The molecule has 0 amide bonds.